The Labute approximate surface area is 337 Å². The maximum absolute atomic E-state index is 14.5. The second-order valence-corrected chi connectivity index (χ2v) is 17.4. The van der Waals surface area contributed by atoms with Crippen LogP contribution in [0.2, 0.25) is 0 Å². The van der Waals surface area contributed by atoms with Crippen LogP contribution in [0.25, 0.3) is 22.2 Å². The van der Waals surface area contributed by atoms with Gasteiger partial charge in [-0.25, -0.2) is 22.9 Å². The van der Waals surface area contributed by atoms with Gasteiger partial charge in [-0.3, -0.25) is 14.4 Å². The van der Waals surface area contributed by atoms with Crippen molar-refractivity contribution < 1.29 is 46.5 Å². The summed E-state index contributed by atoms with van der Waals surface area (Å²) in [5, 5.41) is 3.43. The Bertz CT molecular complexity index is 2310. The quantitative estimate of drug-likeness (QED) is 0.123. The molecule has 0 spiro atoms. The molecule has 2 heterocycles. The van der Waals surface area contributed by atoms with E-state index in [4.69, 9.17) is 23.9 Å². The number of nitrogens with one attached hydrogen (secondary N) is 2. The third kappa shape index (κ3) is 9.09. The number of rotatable bonds is 13. The first kappa shape index (κ1) is 41.7. The molecule has 3 aromatic carbocycles. The second-order valence-electron chi connectivity index (χ2n) is 15.7. The van der Waals surface area contributed by atoms with Gasteiger partial charge in [-0.2, -0.15) is 0 Å². The van der Waals surface area contributed by atoms with Crippen molar-refractivity contribution in [1.29, 1.82) is 0 Å². The number of pyridine rings is 1. The highest BCUT2D eigenvalue weighted by molar-refractivity contribution is 7.90. The minimum absolute atomic E-state index is 0.0335. The van der Waals surface area contributed by atoms with Gasteiger partial charge in [0.25, 0.3) is 21.8 Å². The number of hydrogen-bond donors (Lipinski definition) is 2. The van der Waals surface area contributed by atoms with Crippen molar-refractivity contribution in [2.24, 2.45) is 11.8 Å². The van der Waals surface area contributed by atoms with Crippen molar-refractivity contribution in [1.82, 2.24) is 19.9 Å². The molecule has 1 saturated heterocycles. The second kappa shape index (κ2) is 16.5. The Morgan fingerprint density at radius 2 is 1.66 bits per heavy atom. The molecule has 14 nitrogen and oxygen atoms in total. The van der Waals surface area contributed by atoms with Gasteiger partial charge in [0.2, 0.25) is 5.91 Å². The highest BCUT2D eigenvalue weighted by atomic mass is 32.2. The van der Waals surface area contributed by atoms with E-state index >= 15 is 0 Å². The topological polar surface area (TPSA) is 180 Å². The van der Waals surface area contributed by atoms with Crippen LogP contribution in [0.3, 0.4) is 0 Å². The summed E-state index contributed by atoms with van der Waals surface area (Å²) in [6, 6.07) is 22.8. The molecule has 4 aromatic rings. The molecule has 1 aliphatic heterocycles. The first-order valence-electron chi connectivity index (χ1n) is 18.9. The van der Waals surface area contributed by atoms with E-state index in [0.29, 0.717) is 28.1 Å². The summed E-state index contributed by atoms with van der Waals surface area (Å²) in [6.07, 6.45) is -1.67. The molecule has 1 aromatic heterocycles. The van der Waals surface area contributed by atoms with Gasteiger partial charge in [-0.05, 0) is 57.4 Å². The predicted octanol–water partition coefficient (Wildman–Crippen LogP) is 5.80. The number of aromatic nitrogens is 1. The largest absolute Gasteiger partial charge is 0.509 e. The van der Waals surface area contributed by atoms with Crippen LogP contribution in [0.15, 0.2) is 102 Å². The van der Waals surface area contributed by atoms with Gasteiger partial charge in [0, 0.05) is 35.4 Å². The van der Waals surface area contributed by atoms with Crippen molar-refractivity contribution in [2.75, 3.05) is 13.7 Å². The van der Waals surface area contributed by atoms with E-state index in [1.165, 1.54) is 35.2 Å². The Morgan fingerprint density at radius 1 is 0.983 bits per heavy atom. The van der Waals surface area contributed by atoms with Crippen molar-refractivity contribution >= 4 is 44.8 Å². The molecule has 306 valence electrons. The smallest absolute Gasteiger partial charge is 0.497 e. The zero-order valence-electron chi connectivity index (χ0n) is 33.3. The molecule has 1 saturated carbocycles. The summed E-state index contributed by atoms with van der Waals surface area (Å²) in [5.74, 6) is -2.47. The summed E-state index contributed by atoms with van der Waals surface area (Å²) in [6.45, 7) is 12.1. The van der Waals surface area contributed by atoms with Crippen LogP contribution in [0.1, 0.15) is 47.5 Å². The lowest BCUT2D eigenvalue weighted by Crippen LogP contribution is -2.57. The number of carbonyl (C=O) groups excluding carboxylic acids is 4. The third-order valence-corrected chi connectivity index (χ3v) is 11.3. The Hall–Kier alpha value is -5.96. The fourth-order valence-electron chi connectivity index (χ4n) is 6.93. The monoisotopic (exact) mass is 812 g/mol. The number of hydrogen-bond acceptors (Lipinski definition) is 11. The lowest BCUT2D eigenvalue weighted by molar-refractivity contribution is -0.150. The molecule has 2 fully saturated rings. The van der Waals surface area contributed by atoms with Crippen LogP contribution < -0.4 is 19.5 Å². The number of likely N-dealkylation sites (tertiary alicyclic amines) is 1. The predicted molar refractivity (Wildman–Crippen MR) is 215 cm³/mol. The Balaban J connectivity index is 1.33. The molecule has 6 rings (SSSR count). The maximum atomic E-state index is 14.5. The number of nitrogens with zero attached hydrogens (tertiary/aromatic N) is 2. The first-order chi connectivity index (χ1) is 27.4. The van der Waals surface area contributed by atoms with Crippen LogP contribution in [0.5, 0.6) is 11.5 Å². The molecule has 2 unspecified atom stereocenters. The van der Waals surface area contributed by atoms with Gasteiger partial charge in [-0.15, -0.1) is 6.58 Å². The minimum Gasteiger partial charge on any atom is -0.497 e. The zero-order valence-corrected chi connectivity index (χ0v) is 34.1. The summed E-state index contributed by atoms with van der Waals surface area (Å²) in [5.41, 5.74) is -0.532. The number of methoxy groups -OCH3 is 1. The lowest BCUT2D eigenvalue weighted by atomic mass is 10.0. The van der Waals surface area contributed by atoms with Crippen LogP contribution in [-0.2, 0) is 33.9 Å². The van der Waals surface area contributed by atoms with E-state index in [0.717, 1.165) is 5.56 Å². The molecule has 0 radical (unpaired) electrons. The average molecular weight is 813 g/mol. The average Bonchev–Trinajstić information content (AvgIpc) is 3.74. The SMILES string of the molecule is C=C[C@@H]1CC1(NC(=O)C1C[C@@H](Oc2cc(-c3ccccc3)nc3cc(OC)ccc23)CN1C(=O)[C@@H](OC(=O)OC(C)(C)C)C(C)C)C(=O)NS(=O)(=O)c1ccccc1. The molecule has 58 heavy (non-hydrogen) atoms. The zero-order chi connectivity index (χ0) is 42.0. The molecule has 0 bridgehead atoms. The van der Waals surface area contributed by atoms with Crippen molar-refractivity contribution in [3.8, 4) is 22.8 Å². The van der Waals surface area contributed by atoms with Crippen LogP contribution in [-0.4, -0.2) is 85.2 Å². The molecular formula is C43H48N4O10S. The number of fused-ring (bicyclic) bond motifs is 1. The lowest BCUT2D eigenvalue weighted by Gasteiger charge is -2.31. The summed E-state index contributed by atoms with van der Waals surface area (Å²) in [4.78, 5) is 61.5. The van der Waals surface area contributed by atoms with Gasteiger partial charge < -0.3 is 29.2 Å². The summed E-state index contributed by atoms with van der Waals surface area (Å²) < 4.78 is 51.5. The molecule has 3 amide bonds. The molecule has 2 aliphatic rings. The normalized spacial score (nSPS) is 20.8. The molecule has 2 N–H and O–H groups in total. The number of amides is 3. The third-order valence-electron chi connectivity index (χ3n) is 9.98. The van der Waals surface area contributed by atoms with Crippen LogP contribution in [0, 0.1) is 11.8 Å². The van der Waals surface area contributed by atoms with Crippen molar-refractivity contribution in [3.63, 3.8) is 0 Å². The fraction of sp³-hybridized carbons (Fsp3) is 0.372. The highest BCUT2D eigenvalue weighted by Gasteiger charge is 2.61. The molecular weight excluding hydrogens is 765 g/mol. The highest BCUT2D eigenvalue weighted by Crippen LogP contribution is 2.45. The Kier molecular flexibility index (Phi) is 11.8. The summed E-state index contributed by atoms with van der Waals surface area (Å²) in [7, 11) is -2.74. The Morgan fingerprint density at radius 3 is 2.26 bits per heavy atom. The molecule has 5 atom stereocenters. The van der Waals surface area contributed by atoms with E-state index < -0.39 is 75.1 Å². The van der Waals surface area contributed by atoms with Gasteiger partial charge in [-0.1, -0.05) is 68.5 Å². The minimum atomic E-state index is -4.29. The standard InChI is InChI=1S/C43H48N4O10S/c1-8-28-24-43(28,40(50)46-58(52,53)31-17-13-10-14-18-31)45-38(48)35-22-30(25-47(35)39(49)37(26(2)3)56-41(51)57-42(4,5)6)55-36-23-33(27-15-11-9-12-16-27)44-34-21-29(54-7)19-20-32(34)36/h8-21,23,26,28,30,35,37H,1,22,24-25H2,2-7H3,(H,45,48)(H,46,50)/t28-,30-,35?,37+,43?/m1/s1. The first-order valence-corrected chi connectivity index (χ1v) is 20.4. The van der Waals surface area contributed by atoms with Gasteiger partial charge in [0.1, 0.15) is 34.8 Å². The number of ether oxygens (including phenoxy) is 4. The maximum Gasteiger partial charge on any atom is 0.509 e. The van der Waals surface area contributed by atoms with Crippen LogP contribution in [0.4, 0.5) is 4.79 Å². The van der Waals surface area contributed by atoms with E-state index in [1.807, 2.05) is 36.4 Å². The van der Waals surface area contributed by atoms with E-state index in [9.17, 15) is 27.6 Å². The van der Waals surface area contributed by atoms with E-state index in [2.05, 4.69) is 16.6 Å². The van der Waals surface area contributed by atoms with E-state index in [-0.39, 0.29) is 24.3 Å². The summed E-state index contributed by atoms with van der Waals surface area (Å²) >= 11 is 0. The van der Waals surface area contributed by atoms with Crippen LogP contribution >= 0.6 is 0 Å². The molecule has 1 aliphatic carbocycles. The van der Waals surface area contributed by atoms with Gasteiger partial charge in [0.15, 0.2) is 6.10 Å². The van der Waals surface area contributed by atoms with Crippen molar-refractivity contribution in [3.05, 3.63) is 97.6 Å². The number of benzene rings is 3. The van der Waals surface area contributed by atoms with Gasteiger partial charge in [0.05, 0.1) is 29.8 Å². The number of sulfonamides is 1. The van der Waals surface area contributed by atoms with E-state index in [1.54, 1.807) is 66.0 Å². The fourth-order valence-corrected chi connectivity index (χ4v) is 7.99. The molecule has 15 heteroatoms. The number of carbonyl (C=O) groups is 4. The van der Waals surface area contributed by atoms with Gasteiger partial charge >= 0.3 is 6.16 Å². The van der Waals surface area contributed by atoms with Crippen molar-refractivity contribution in [2.45, 2.75) is 81.7 Å².